The van der Waals surface area contributed by atoms with Crippen molar-refractivity contribution in [2.75, 3.05) is 17.8 Å². The Labute approximate surface area is 95.6 Å². The first-order valence-electron chi connectivity index (χ1n) is 3.92. The maximum atomic E-state index is 10.8. The Bertz CT molecular complexity index is 451. The van der Waals surface area contributed by atoms with Gasteiger partial charge < -0.3 is 0 Å². The second kappa shape index (κ2) is 4.95. The predicted octanol–water partition coefficient (Wildman–Crippen LogP) is 1.79. The van der Waals surface area contributed by atoms with Crippen LogP contribution in [0.15, 0.2) is 15.7 Å². The average molecular weight is 267 g/mol. The standard InChI is InChI=1S/C7H9NO4S3/c1-15(11,12)5-4-14-7-6(8(9)10)2-3-13-7/h2-3H,4-5H2,1H3. The summed E-state index contributed by atoms with van der Waals surface area (Å²) < 4.78 is 22.2. The lowest BCUT2D eigenvalue weighted by atomic mass is 10.6. The monoisotopic (exact) mass is 267 g/mol. The third kappa shape index (κ3) is 4.18. The summed E-state index contributed by atoms with van der Waals surface area (Å²) in [7, 11) is -3.00. The molecule has 84 valence electrons. The molecule has 1 aromatic rings. The van der Waals surface area contributed by atoms with Crippen molar-refractivity contribution >= 4 is 38.6 Å². The van der Waals surface area contributed by atoms with Crippen LogP contribution in [0.2, 0.25) is 0 Å². The molecule has 5 nitrogen and oxygen atoms in total. The van der Waals surface area contributed by atoms with E-state index in [1.807, 2.05) is 0 Å². The van der Waals surface area contributed by atoms with Crippen LogP contribution in [0, 0.1) is 10.1 Å². The molecule has 8 heteroatoms. The minimum Gasteiger partial charge on any atom is -0.258 e. The molecule has 0 fully saturated rings. The maximum absolute atomic E-state index is 10.8. The van der Waals surface area contributed by atoms with Crippen LogP contribution >= 0.6 is 23.1 Å². The first kappa shape index (κ1) is 12.5. The summed E-state index contributed by atoms with van der Waals surface area (Å²) in [6.45, 7) is 0. The van der Waals surface area contributed by atoms with Crippen LogP contribution in [0.3, 0.4) is 0 Å². The molecule has 0 aliphatic carbocycles. The highest BCUT2D eigenvalue weighted by Gasteiger charge is 2.15. The number of hydrogen-bond donors (Lipinski definition) is 0. The number of thioether (sulfide) groups is 1. The SMILES string of the molecule is CS(=O)(=O)CCSc1sccc1[N+](=O)[O-]. The van der Waals surface area contributed by atoms with E-state index in [2.05, 4.69) is 0 Å². The predicted molar refractivity (Wildman–Crippen MR) is 61.4 cm³/mol. The molecule has 0 aliphatic heterocycles. The van der Waals surface area contributed by atoms with E-state index in [-0.39, 0.29) is 11.4 Å². The fraction of sp³-hybridized carbons (Fsp3) is 0.429. The van der Waals surface area contributed by atoms with Gasteiger partial charge in [0.05, 0.1) is 10.7 Å². The van der Waals surface area contributed by atoms with E-state index in [0.29, 0.717) is 9.96 Å². The third-order valence-corrected chi connectivity index (χ3v) is 4.92. The summed E-state index contributed by atoms with van der Waals surface area (Å²) in [6.07, 6.45) is 1.15. The average Bonchev–Trinajstić information content (AvgIpc) is 2.49. The maximum Gasteiger partial charge on any atom is 0.293 e. The van der Waals surface area contributed by atoms with E-state index >= 15 is 0 Å². The number of nitrogens with zero attached hydrogens (tertiary/aromatic N) is 1. The number of nitro groups is 1. The van der Waals surface area contributed by atoms with Crippen LogP contribution in [0.1, 0.15) is 0 Å². The molecule has 1 rings (SSSR count). The zero-order valence-corrected chi connectivity index (χ0v) is 10.3. The Kier molecular flexibility index (Phi) is 4.12. The molecule has 1 aromatic heterocycles. The van der Waals surface area contributed by atoms with Gasteiger partial charge in [0.25, 0.3) is 5.69 Å². The van der Waals surface area contributed by atoms with Gasteiger partial charge in [0, 0.05) is 18.1 Å². The highest BCUT2D eigenvalue weighted by atomic mass is 32.2. The van der Waals surface area contributed by atoms with Crippen LogP contribution < -0.4 is 0 Å². The number of thiophene rings is 1. The van der Waals surface area contributed by atoms with Gasteiger partial charge in [-0.2, -0.15) is 0 Å². The lowest BCUT2D eigenvalue weighted by Gasteiger charge is -1.97. The van der Waals surface area contributed by atoms with Crippen LogP contribution in [0.4, 0.5) is 5.69 Å². The number of sulfone groups is 1. The Hall–Kier alpha value is -0.600. The molecule has 0 spiro atoms. The molecular formula is C7H9NO4S3. The van der Waals surface area contributed by atoms with Crippen molar-refractivity contribution in [1.29, 1.82) is 0 Å². The van der Waals surface area contributed by atoms with Crippen molar-refractivity contribution in [1.82, 2.24) is 0 Å². The summed E-state index contributed by atoms with van der Waals surface area (Å²) in [5.74, 6) is 0.382. The molecular weight excluding hydrogens is 258 g/mol. The molecule has 0 aromatic carbocycles. The van der Waals surface area contributed by atoms with E-state index in [1.54, 1.807) is 5.38 Å². The van der Waals surface area contributed by atoms with Crippen molar-refractivity contribution in [2.24, 2.45) is 0 Å². The Morgan fingerprint density at radius 1 is 1.60 bits per heavy atom. The Balaban J connectivity index is 2.58. The fourth-order valence-corrected chi connectivity index (χ4v) is 4.11. The van der Waals surface area contributed by atoms with Crippen LogP contribution in [-0.4, -0.2) is 31.1 Å². The van der Waals surface area contributed by atoms with Gasteiger partial charge in [0.15, 0.2) is 0 Å². The Morgan fingerprint density at radius 3 is 2.80 bits per heavy atom. The first-order chi connectivity index (χ1) is 6.90. The molecule has 0 radical (unpaired) electrons. The summed E-state index contributed by atoms with van der Waals surface area (Å²) in [6, 6.07) is 1.42. The molecule has 0 atom stereocenters. The lowest BCUT2D eigenvalue weighted by Crippen LogP contribution is -2.04. The highest BCUT2D eigenvalue weighted by Crippen LogP contribution is 2.34. The van der Waals surface area contributed by atoms with Crippen LogP contribution in [0.25, 0.3) is 0 Å². The zero-order chi connectivity index (χ0) is 11.5. The smallest absolute Gasteiger partial charge is 0.258 e. The molecule has 0 saturated heterocycles. The first-order valence-corrected chi connectivity index (χ1v) is 7.85. The van der Waals surface area contributed by atoms with Crippen molar-refractivity contribution in [3.8, 4) is 0 Å². The van der Waals surface area contributed by atoms with E-state index in [9.17, 15) is 18.5 Å². The lowest BCUT2D eigenvalue weighted by molar-refractivity contribution is -0.387. The van der Waals surface area contributed by atoms with Crippen LogP contribution in [-0.2, 0) is 9.84 Å². The molecule has 0 unspecified atom stereocenters. The number of hydrogen-bond acceptors (Lipinski definition) is 6. The summed E-state index contributed by atoms with van der Waals surface area (Å²) in [5, 5.41) is 12.1. The van der Waals surface area contributed by atoms with Gasteiger partial charge >= 0.3 is 0 Å². The van der Waals surface area contributed by atoms with Gasteiger partial charge in [-0.25, -0.2) is 8.42 Å². The molecule has 0 amide bonds. The van der Waals surface area contributed by atoms with Crippen molar-refractivity contribution < 1.29 is 13.3 Å². The van der Waals surface area contributed by atoms with Gasteiger partial charge in [-0.05, 0) is 5.38 Å². The largest absolute Gasteiger partial charge is 0.293 e. The normalized spacial score (nSPS) is 11.5. The van der Waals surface area contributed by atoms with Gasteiger partial charge in [-0.3, -0.25) is 10.1 Å². The molecule has 15 heavy (non-hydrogen) atoms. The van der Waals surface area contributed by atoms with E-state index in [0.717, 1.165) is 6.26 Å². The van der Waals surface area contributed by atoms with Crippen molar-refractivity contribution in [3.63, 3.8) is 0 Å². The summed E-state index contributed by atoms with van der Waals surface area (Å²) >= 11 is 2.46. The van der Waals surface area contributed by atoms with E-state index < -0.39 is 14.8 Å². The molecule has 0 saturated carbocycles. The Morgan fingerprint density at radius 2 is 2.27 bits per heavy atom. The summed E-state index contributed by atoms with van der Waals surface area (Å²) in [4.78, 5) is 10.1. The van der Waals surface area contributed by atoms with Crippen molar-refractivity contribution in [2.45, 2.75) is 4.21 Å². The van der Waals surface area contributed by atoms with E-state index in [1.165, 1.54) is 29.2 Å². The minimum absolute atomic E-state index is 0.0344. The van der Waals surface area contributed by atoms with Gasteiger partial charge in [0.2, 0.25) is 0 Å². The molecule has 1 heterocycles. The minimum atomic E-state index is -3.00. The van der Waals surface area contributed by atoms with Gasteiger partial charge in [0.1, 0.15) is 14.0 Å². The quantitative estimate of drug-likeness (QED) is 0.462. The highest BCUT2D eigenvalue weighted by molar-refractivity contribution is 8.02. The molecule has 0 aliphatic rings. The molecule has 0 bridgehead atoms. The molecule has 0 N–H and O–H groups in total. The second-order valence-corrected chi connectivity index (χ2v) is 7.37. The van der Waals surface area contributed by atoms with Crippen LogP contribution in [0.5, 0.6) is 0 Å². The van der Waals surface area contributed by atoms with Crippen molar-refractivity contribution in [3.05, 3.63) is 21.6 Å². The topological polar surface area (TPSA) is 77.3 Å². The van der Waals surface area contributed by atoms with Gasteiger partial charge in [-0.15, -0.1) is 23.1 Å². The van der Waals surface area contributed by atoms with Gasteiger partial charge in [-0.1, -0.05) is 0 Å². The van der Waals surface area contributed by atoms with E-state index in [4.69, 9.17) is 0 Å². The second-order valence-electron chi connectivity index (χ2n) is 2.83. The fourth-order valence-electron chi connectivity index (χ4n) is 0.818. The summed E-state index contributed by atoms with van der Waals surface area (Å²) in [5.41, 5.74) is 0.0542. The number of rotatable bonds is 5. The third-order valence-electron chi connectivity index (χ3n) is 1.49. The zero-order valence-electron chi connectivity index (χ0n) is 7.87.